The van der Waals surface area contributed by atoms with Crippen molar-refractivity contribution >= 4 is 41.9 Å². The Morgan fingerprint density at radius 3 is 2.31 bits per heavy atom. The first kappa shape index (κ1) is 23.6. The molecule has 2 fully saturated rings. The van der Waals surface area contributed by atoms with E-state index in [1.807, 2.05) is 11.8 Å². The third kappa shape index (κ3) is 7.91. The lowest BCUT2D eigenvalue weighted by Gasteiger charge is -2.16. The molecule has 29 heavy (non-hydrogen) atoms. The van der Waals surface area contributed by atoms with Crippen LogP contribution in [0.2, 0.25) is 0 Å². The van der Waals surface area contributed by atoms with Crippen LogP contribution in [0.4, 0.5) is 4.79 Å². The molecule has 0 spiro atoms. The number of carbonyl (C=O) groups is 5. The summed E-state index contributed by atoms with van der Waals surface area (Å²) in [6, 6.07) is 0.409. The number of carbonyl (C=O) groups excluding carboxylic acids is 5. The Morgan fingerprint density at radius 2 is 1.62 bits per heavy atom. The van der Waals surface area contributed by atoms with Crippen LogP contribution in [0.25, 0.3) is 0 Å². The minimum Gasteiger partial charge on any atom is -0.332 e. The van der Waals surface area contributed by atoms with Gasteiger partial charge >= 0.3 is 6.03 Å². The van der Waals surface area contributed by atoms with Crippen molar-refractivity contribution in [2.24, 2.45) is 5.92 Å². The molecule has 0 aromatic heterocycles. The van der Waals surface area contributed by atoms with E-state index in [-0.39, 0.29) is 42.5 Å². The summed E-state index contributed by atoms with van der Waals surface area (Å²) in [5.41, 5.74) is 0. The Morgan fingerprint density at radius 1 is 0.966 bits per heavy atom. The van der Waals surface area contributed by atoms with Crippen LogP contribution in [0.5, 0.6) is 0 Å². The Hall–Kier alpha value is -1.70. The summed E-state index contributed by atoms with van der Waals surface area (Å²) in [5, 5.41) is 6.36. The van der Waals surface area contributed by atoms with Gasteiger partial charge in [-0.2, -0.15) is 11.8 Å². The van der Waals surface area contributed by atoms with Gasteiger partial charge < -0.3 is 20.2 Å². The number of Topliss-reactive ketones (excluding diaryl/α,β-unsaturated/α-hetero) is 2. The van der Waals surface area contributed by atoms with Crippen LogP contribution in [0.15, 0.2) is 0 Å². The summed E-state index contributed by atoms with van der Waals surface area (Å²) in [6.07, 6.45) is 8.28. The maximum Gasteiger partial charge on any atom is 0.315 e. The van der Waals surface area contributed by atoms with E-state index >= 15 is 0 Å². The lowest BCUT2D eigenvalue weighted by molar-refractivity contribution is -0.126. The standard InChI is InChI=1S/C21H32N2O5S/c24-12-10-15(11-13-25)18(27)8-3-1-2-6-16(26)7-4-5-9-19-20-17(14-29-19)22-21(28)23-20/h12-13,15,17,19-20H,1-11,14H2,(H2,22,23,28)/t17-,19-,20-/m0/s1. The van der Waals surface area contributed by atoms with E-state index in [2.05, 4.69) is 10.6 Å². The molecular weight excluding hydrogens is 392 g/mol. The SMILES string of the molecule is O=CCC(CC=O)C(=O)CCCCCC(=O)CCCC[C@@H]1SC[C@@H]2NC(=O)N[C@@H]21. The lowest BCUT2D eigenvalue weighted by Crippen LogP contribution is -2.36. The molecule has 7 nitrogen and oxygen atoms in total. The monoisotopic (exact) mass is 424 g/mol. The van der Waals surface area contributed by atoms with E-state index < -0.39 is 5.92 Å². The highest BCUT2D eigenvalue weighted by atomic mass is 32.2. The third-order valence-electron chi connectivity index (χ3n) is 5.73. The molecule has 2 rings (SSSR count). The van der Waals surface area contributed by atoms with Crippen LogP contribution >= 0.6 is 11.8 Å². The fourth-order valence-corrected chi connectivity index (χ4v) is 5.57. The van der Waals surface area contributed by atoms with Crippen LogP contribution in [0.3, 0.4) is 0 Å². The fourth-order valence-electron chi connectivity index (χ4n) is 4.03. The molecule has 2 N–H and O–H groups in total. The van der Waals surface area contributed by atoms with Crippen LogP contribution in [-0.2, 0) is 19.2 Å². The summed E-state index contributed by atoms with van der Waals surface area (Å²) in [7, 11) is 0. The van der Waals surface area contributed by atoms with Crippen LogP contribution < -0.4 is 10.6 Å². The molecule has 2 heterocycles. The summed E-state index contributed by atoms with van der Waals surface area (Å²) in [4.78, 5) is 56.5. The highest BCUT2D eigenvalue weighted by Gasteiger charge is 2.42. The molecule has 0 unspecified atom stereocenters. The molecule has 8 heteroatoms. The molecule has 2 aliphatic heterocycles. The maximum atomic E-state index is 12.0. The zero-order chi connectivity index (χ0) is 21.1. The summed E-state index contributed by atoms with van der Waals surface area (Å²) >= 11 is 1.90. The van der Waals surface area contributed by atoms with E-state index in [0.717, 1.165) is 37.9 Å². The maximum absolute atomic E-state index is 12.0. The van der Waals surface area contributed by atoms with Crippen molar-refractivity contribution in [1.82, 2.24) is 10.6 Å². The van der Waals surface area contributed by atoms with Crippen molar-refractivity contribution in [1.29, 1.82) is 0 Å². The molecule has 0 bridgehead atoms. The summed E-state index contributed by atoms with van der Waals surface area (Å²) < 4.78 is 0. The highest BCUT2D eigenvalue weighted by Crippen LogP contribution is 2.33. The number of ketones is 2. The zero-order valence-corrected chi connectivity index (χ0v) is 17.7. The van der Waals surface area contributed by atoms with Gasteiger partial charge in [0, 0.05) is 49.0 Å². The number of fused-ring (bicyclic) bond motifs is 1. The van der Waals surface area contributed by atoms with E-state index in [4.69, 9.17) is 0 Å². The molecule has 2 aliphatic rings. The van der Waals surface area contributed by atoms with E-state index in [9.17, 15) is 24.0 Å². The van der Waals surface area contributed by atoms with Crippen molar-refractivity contribution in [2.75, 3.05) is 5.75 Å². The average molecular weight is 425 g/mol. The number of hydrogen-bond acceptors (Lipinski definition) is 6. The van der Waals surface area contributed by atoms with Crippen molar-refractivity contribution < 1.29 is 24.0 Å². The number of unbranched alkanes of at least 4 members (excludes halogenated alkanes) is 3. The van der Waals surface area contributed by atoms with Crippen molar-refractivity contribution in [3.8, 4) is 0 Å². The van der Waals surface area contributed by atoms with Gasteiger partial charge in [-0.05, 0) is 25.7 Å². The van der Waals surface area contributed by atoms with Gasteiger partial charge in [0.1, 0.15) is 24.1 Å². The van der Waals surface area contributed by atoms with Crippen LogP contribution in [0.1, 0.15) is 70.6 Å². The Bertz CT molecular complexity index is 588. The van der Waals surface area contributed by atoms with Gasteiger partial charge in [-0.3, -0.25) is 9.59 Å². The van der Waals surface area contributed by atoms with Gasteiger partial charge in [-0.15, -0.1) is 0 Å². The molecule has 0 saturated carbocycles. The minimum atomic E-state index is -0.478. The molecule has 2 saturated heterocycles. The number of nitrogens with one attached hydrogen (secondary N) is 2. The van der Waals surface area contributed by atoms with Gasteiger partial charge in [0.2, 0.25) is 0 Å². The topological polar surface area (TPSA) is 109 Å². The van der Waals surface area contributed by atoms with Gasteiger partial charge in [0.15, 0.2) is 0 Å². The van der Waals surface area contributed by atoms with Crippen LogP contribution in [-0.4, -0.2) is 53.3 Å². The molecule has 0 aromatic rings. The lowest BCUT2D eigenvalue weighted by atomic mass is 9.93. The number of rotatable bonds is 16. The molecule has 0 aliphatic carbocycles. The first-order valence-corrected chi connectivity index (χ1v) is 11.7. The van der Waals surface area contributed by atoms with Gasteiger partial charge in [-0.25, -0.2) is 4.79 Å². The first-order chi connectivity index (χ1) is 14.0. The first-order valence-electron chi connectivity index (χ1n) is 10.7. The van der Waals surface area contributed by atoms with Crippen molar-refractivity contribution in [3.05, 3.63) is 0 Å². The minimum absolute atomic E-state index is 0.0313. The van der Waals surface area contributed by atoms with E-state index in [1.54, 1.807) is 0 Å². The van der Waals surface area contributed by atoms with E-state index in [1.165, 1.54) is 0 Å². The van der Waals surface area contributed by atoms with Gasteiger partial charge in [0.05, 0.1) is 12.1 Å². The molecule has 2 amide bonds. The number of amides is 2. The second kappa shape index (κ2) is 12.8. The zero-order valence-electron chi connectivity index (χ0n) is 16.9. The molecule has 0 aromatic carbocycles. The predicted octanol–water partition coefficient (Wildman–Crippen LogP) is 2.60. The van der Waals surface area contributed by atoms with Gasteiger partial charge in [0.25, 0.3) is 0 Å². The molecular formula is C21H32N2O5S. The fraction of sp³-hybridized carbons (Fsp3) is 0.762. The number of hydrogen-bond donors (Lipinski definition) is 2. The Balaban J connectivity index is 1.48. The van der Waals surface area contributed by atoms with Gasteiger partial charge in [-0.1, -0.05) is 12.8 Å². The predicted molar refractivity (Wildman–Crippen MR) is 112 cm³/mol. The number of aldehydes is 2. The van der Waals surface area contributed by atoms with Crippen molar-refractivity contribution in [2.45, 2.75) is 88.0 Å². The number of urea groups is 1. The average Bonchev–Trinajstić information content (AvgIpc) is 3.24. The Labute approximate surface area is 176 Å². The third-order valence-corrected chi connectivity index (χ3v) is 7.24. The largest absolute Gasteiger partial charge is 0.332 e. The number of thioether (sulfide) groups is 1. The quantitative estimate of drug-likeness (QED) is 0.224. The second-order valence-corrected chi connectivity index (χ2v) is 9.21. The molecule has 0 radical (unpaired) electrons. The highest BCUT2D eigenvalue weighted by molar-refractivity contribution is 8.00. The molecule has 162 valence electrons. The van der Waals surface area contributed by atoms with Crippen molar-refractivity contribution in [3.63, 3.8) is 0 Å². The molecule has 3 atom stereocenters. The summed E-state index contributed by atoms with van der Waals surface area (Å²) in [5.74, 6) is 0.717. The second-order valence-electron chi connectivity index (χ2n) is 7.93. The summed E-state index contributed by atoms with van der Waals surface area (Å²) in [6.45, 7) is 0. The van der Waals surface area contributed by atoms with Crippen LogP contribution in [0, 0.1) is 5.92 Å². The normalized spacial score (nSPS) is 22.8. The van der Waals surface area contributed by atoms with E-state index in [0.29, 0.717) is 43.5 Å². The smallest absolute Gasteiger partial charge is 0.315 e. The Kier molecular flexibility index (Phi) is 10.4.